The summed E-state index contributed by atoms with van der Waals surface area (Å²) in [6, 6.07) is 0. The SMILES string of the molecule is Cc1c(C)c(C)n2c(OS(=O)(=O)c3ncn(C)n3)c(C)c(C)c2c1C. The van der Waals surface area contributed by atoms with Gasteiger partial charge in [-0.1, -0.05) is 0 Å². The fourth-order valence-electron chi connectivity index (χ4n) is 3.12. The Balaban J connectivity index is 2.29. The number of nitrogens with zero attached hydrogens (tertiary/aromatic N) is 4. The van der Waals surface area contributed by atoms with Gasteiger partial charge in [-0.05, 0) is 63.8 Å². The van der Waals surface area contributed by atoms with Gasteiger partial charge in [-0.2, -0.15) is 8.42 Å². The lowest BCUT2D eigenvalue weighted by Gasteiger charge is -2.15. The number of rotatable bonds is 3. The monoisotopic (exact) mass is 362 g/mol. The maximum Gasteiger partial charge on any atom is 0.378 e. The molecule has 0 aromatic carbocycles. The minimum atomic E-state index is -4.11. The molecule has 0 aliphatic heterocycles. The van der Waals surface area contributed by atoms with E-state index in [9.17, 15) is 8.42 Å². The number of fused-ring (bicyclic) bond motifs is 1. The summed E-state index contributed by atoms with van der Waals surface area (Å²) in [6.45, 7) is 12.0. The molecule has 0 saturated heterocycles. The van der Waals surface area contributed by atoms with Crippen LogP contribution in [0.25, 0.3) is 5.52 Å². The molecule has 0 aliphatic rings. The van der Waals surface area contributed by atoms with E-state index in [0.717, 1.165) is 33.5 Å². The summed E-state index contributed by atoms with van der Waals surface area (Å²) in [5.41, 5.74) is 7.15. The molecule has 3 aromatic heterocycles. The van der Waals surface area contributed by atoms with Crippen LogP contribution in [0.1, 0.15) is 33.5 Å². The van der Waals surface area contributed by atoms with Gasteiger partial charge in [0, 0.05) is 18.3 Å². The number of pyridine rings is 1. The van der Waals surface area contributed by atoms with Crippen LogP contribution >= 0.6 is 0 Å². The second-order valence-corrected chi connectivity index (χ2v) is 7.88. The average Bonchev–Trinajstić information content (AvgIpc) is 3.08. The lowest BCUT2D eigenvalue weighted by atomic mass is 10.0. The second kappa shape index (κ2) is 5.59. The molecular weight excluding hydrogens is 340 g/mol. The third-order valence-corrected chi connectivity index (χ3v) is 6.03. The number of hydrogen-bond acceptors (Lipinski definition) is 5. The number of aromatic nitrogens is 4. The summed E-state index contributed by atoms with van der Waals surface area (Å²) < 4.78 is 33.9. The molecule has 3 heterocycles. The Kier molecular flexibility index (Phi) is 3.90. The van der Waals surface area contributed by atoms with Crippen LogP contribution in [0.15, 0.2) is 11.5 Å². The Morgan fingerprint density at radius 1 is 0.920 bits per heavy atom. The molecule has 3 rings (SSSR count). The highest BCUT2D eigenvalue weighted by molar-refractivity contribution is 7.86. The predicted octanol–water partition coefficient (Wildman–Crippen LogP) is 2.69. The van der Waals surface area contributed by atoms with Gasteiger partial charge in [0.2, 0.25) is 5.88 Å². The quantitative estimate of drug-likeness (QED) is 0.670. The van der Waals surface area contributed by atoms with E-state index >= 15 is 0 Å². The summed E-state index contributed by atoms with van der Waals surface area (Å²) in [6.07, 6.45) is 1.33. The van der Waals surface area contributed by atoms with E-state index in [2.05, 4.69) is 17.0 Å². The Morgan fingerprint density at radius 2 is 1.52 bits per heavy atom. The number of hydrogen-bond donors (Lipinski definition) is 0. The van der Waals surface area contributed by atoms with E-state index in [1.807, 2.05) is 39.0 Å². The molecule has 0 N–H and O–H groups in total. The van der Waals surface area contributed by atoms with Crippen molar-refractivity contribution in [3.8, 4) is 5.88 Å². The third-order valence-electron chi connectivity index (χ3n) is 5.01. The van der Waals surface area contributed by atoms with Gasteiger partial charge >= 0.3 is 15.3 Å². The van der Waals surface area contributed by atoms with Crippen LogP contribution in [-0.4, -0.2) is 27.6 Å². The smallest absolute Gasteiger partial charge is 0.357 e. The van der Waals surface area contributed by atoms with Crippen molar-refractivity contribution in [1.29, 1.82) is 0 Å². The first-order valence-electron chi connectivity index (χ1n) is 7.94. The van der Waals surface area contributed by atoms with Gasteiger partial charge in [-0.15, -0.1) is 5.10 Å². The molecule has 0 radical (unpaired) electrons. The third kappa shape index (κ3) is 2.52. The van der Waals surface area contributed by atoms with Crippen molar-refractivity contribution < 1.29 is 12.6 Å². The van der Waals surface area contributed by atoms with Gasteiger partial charge in [0.05, 0.1) is 5.52 Å². The molecule has 0 unspecified atom stereocenters. The van der Waals surface area contributed by atoms with E-state index in [-0.39, 0.29) is 5.16 Å². The topological polar surface area (TPSA) is 78.5 Å². The van der Waals surface area contributed by atoms with E-state index < -0.39 is 10.1 Å². The van der Waals surface area contributed by atoms with Crippen LogP contribution in [0.4, 0.5) is 0 Å². The Labute approximate surface area is 147 Å². The second-order valence-electron chi connectivity index (χ2n) is 6.44. The lowest BCUT2D eigenvalue weighted by molar-refractivity contribution is 0.462. The zero-order valence-electron chi connectivity index (χ0n) is 15.5. The van der Waals surface area contributed by atoms with Crippen molar-refractivity contribution in [2.24, 2.45) is 7.05 Å². The van der Waals surface area contributed by atoms with Crippen LogP contribution in [0.2, 0.25) is 0 Å². The van der Waals surface area contributed by atoms with Crippen LogP contribution in [-0.2, 0) is 17.2 Å². The number of aryl methyl sites for hydroxylation is 4. The first-order chi connectivity index (χ1) is 11.6. The Hall–Kier alpha value is -2.35. The zero-order chi connectivity index (χ0) is 18.7. The fourth-order valence-corrected chi connectivity index (χ4v) is 4.00. The summed E-state index contributed by atoms with van der Waals surface area (Å²) >= 11 is 0. The molecule has 0 saturated carbocycles. The van der Waals surface area contributed by atoms with Gasteiger partial charge in [0.1, 0.15) is 6.33 Å². The molecule has 3 aromatic rings. The largest absolute Gasteiger partial charge is 0.378 e. The highest BCUT2D eigenvalue weighted by Gasteiger charge is 2.27. The van der Waals surface area contributed by atoms with E-state index in [1.54, 1.807) is 7.05 Å². The van der Waals surface area contributed by atoms with E-state index in [0.29, 0.717) is 5.88 Å². The molecule has 134 valence electrons. The summed E-state index contributed by atoms with van der Waals surface area (Å²) in [5.74, 6) is 0.295. The Morgan fingerprint density at radius 3 is 2.08 bits per heavy atom. The lowest BCUT2D eigenvalue weighted by Crippen LogP contribution is -2.14. The molecule has 0 aliphatic carbocycles. The summed E-state index contributed by atoms with van der Waals surface area (Å²) in [4.78, 5) is 3.80. The van der Waals surface area contributed by atoms with Crippen LogP contribution in [0.5, 0.6) is 5.88 Å². The first kappa shape index (κ1) is 17.5. The van der Waals surface area contributed by atoms with Crippen molar-refractivity contribution in [2.45, 2.75) is 46.7 Å². The molecule has 0 fully saturated rings. The van der Waals surface area contributed by atoms with Gasteiger partial charge in [0.25, 0.3) is 0 Å². The van der Waals surface area contributed by atoms with Gasteiger partial charge < -0.3 is 4.18 Å². The molecule has 0 bridgehead atoms. The molecule has 8 heteroatoms. The van der Waals surface area contributed by atoms with Gasteiger partial charge in [0.15, 0.2) is 0 Å². The van der Waals surface area contributed by atoms with Crippen molar-refractivity contribution in [2.75, 3.05) is 0 Å². The summed E-state index contributed by atoms with van der Waals surface area (Å²) in [7, 11) is -2.50. The van der Waals surface area contributed by atoms with Crippen molar-refractivity contribution in [1.82, 2.24) is 19.2 Å². The average molecular weight is 362 g/mol. The normalized spacial score (nSPS) is 12.1. The molecule has 0 atom stereocenters. The van der Waals surface area contributed by atoms with E-state index in [1.165, 1.54) is 16.6 Å². The maximum atomic E-state index is 12.6. The highest BCUT2D eigenvalue weighted by atomic mass is 32.2. The van der Waals surface area contributed by atoms with Crippen LogP contribution in [0, 0.1) is 41.5 Å². The standard InChI is InChI=1S/C17H22N4O3S/c1-9-10(2)14(6)21-15(11(9)3)12(4)13(5)16(21)24-25(22,23)17-18-8-20(7)19-17/h8H,1-7H3. The predicted molar refractivity (Wildman–Crippen MR) is 94.6 cm³/mol. The van der Waals surface area contributed by atoms with Crippen molar-refractivity contribution >= 4 is 15.6 Å². The molecule has 0 spiro atoms. The molecule has 0 amide bonds. The Bertz CT molecular complexity index is 1110. The maximum absolute atomic E-state index is 12.6. The van der Waals surface area contributed by atoms with Gasteiger partial charge in [-0.25, -0.2) is 4.98 Å². The minimum absolute atomic E-state index is 0.295. The molecule has 7 nitrogen and oxygen atoms in total. The summed E-state index contributed by atoms with van der Waals surface area (Å²) in [5, 5.41) is 3.50. The molecule has 25 heavy (non-hydrogen) atoms. The van der Waals surface area contributed by atoms with E-state index in [4.69, 9.17) is 4.18 Å². The zero-order valence-corrected chi connectivity index (χ0v) is 16.3. The minimum Gasteiger partial charge on any atom is -0.357 e. The first-order valence-corrected chi connectivity index (χ1v) is 9.35. The fraction of sp³-hybridized carbons (Fsp3) is 0.412. The van der Waals surface area contributed by atoms with Crippen LogP contribution < -0.4 is 4.18 Å². The van der Waals surface area contributed by atoms with Crippen molar-refractivity contribution in [3.63, 3.8) is 0 Å². The van der Waals surface area contributed by atoms with Crippen LogP contribution in [0.3, 0.4) is 0 Å². The highest BCUT2D eigenvalue weighted by Crippen LogP contribution is 2.36. The van der Waals surface area contributed by atoms with Gasteiger partial charge in [-0.3, -0.25) is 9.08 Å². The molecular formula is C17H22N4O3S. The van der Waals surface area contributed by atoms with Crippen molar-refractivity contribution in [3.05, 3.63) is 39.8 Å².